The van der Waals surface area contributed by atoms with E-state index < -0.39 is 18.1 Å². The van der Waals surface area contributed by atoms with Gasteiger partial charge in [-0.1, -0.05) is 25.4 Å². The predicted molar refractivity (Wildman–Crippen MR) is 60.0 cm³/mol. The van der Waals surface area contributed by atoms with Crippen molar-refractivity contribution in [2.24, 2.45) is 16.3 Å². The van der Waals surface area contributed by atoms with Crippen molar-refractivity contribution in [3.8, 4) is 0 Å². The van der Waals surface area contributed by atoms with Crippen LogP contribution in [0.1, 0.15) is 33.1 Å². The second kappa shape index (κ2) is 6.68. The van der Waals surface area contributed by atoms with Gasteiger partial charge in [0.25, 0.3) is 0 Å². The molecule has 0 heterocycles. The van der Waals surface area contributed by atoms with E-state index in [1.54, 1.807) is 0 Å². The van der Waals surface area contributed by atoms with Gasteiger partial charge in [-0.15, -0.1) is 0 Å². The third kappa shape index (κ3) is 7.84. The molecule has 0 bridgehead atoms. The molecule has 0 aliphatic carbocycles. The quantitative estimate of drug-likeness (QED) is 0.214. The van der Waals surface area contributed by atoms with Crippen LogP contribution in [-0.4, -0.2) is 30.3 Å². The molecule has 102 valence electrons. The molecular formula is C10H20F3N3O. The zero-order valence-electron chi connectivity index (χ0n) is 10.1. The number of unbranched alkanes of at least 4 members (excludes halogenated alkanes) is 1. The van der Waals surface area contributed by atoms with Gasteiger partial charge in [-0.05, 0) is 19.4 Å². The van der Waals surface area contributed by atoms with Gasteiger partial charge < -0.3 is 16.3 Å². The van der Waals surface area contributed by atoms with E-state index in [1.807, 2.05) is 13.8 Å². The molecule has 0 rings (SSSR count). The number of nitrogens with one attached hydrogen (secondary N) is 1. The van der Waals surface area contributed by atoms with Crippen molar-refractivity contribution in [3.63, 3.8) is 0 Å². The number of halogens is 3. The number of hydrogen-bond acceptors (Lipinski definition) is 3. The normalized spacial score (nSPS) is 14.1. The van der Waals surface area contributed by atoms with Gasteiger partial charge in [0.15, 0.2) is 0 Å². The van der Waals surface area contributed by atoms with Crippen LogP contribution in [0.2, 0.25) is 0 Å². The van der Waals surface area contributed by atoms with Gasteiger partial charge >= 0.3 is 6.18 Å². The molecule has 0 aliphatic rings. The Morgan fingerprint density at radius 3 is 2.35 bits per heavy atom. The van der Waals surface area contributed by atoms with Gasteiger partial charge in [-0.2, -0.15) is 13.2 Å². The second-order valence-corrected chi connectivity index (χ2v) is 4.62. The summed E-state index contributed by atoms with van der Waals surface area (Å²) in [5.41, 5.74) is 5.05. The summed E-state index contributed by atoms with van der Waals surface area (Å²) in [6.45, 7) is 3.00. The van der Waals surface area contributed by atoms with Gasteiger partial charge in [0.1, 0.15) is 5.84 Å². The first-order chi connectivity index (χ1) is 7.69. The lowest BCUT2D eigenvalue weighted by molar-refractivity contribution is -0.124. The highest BCUT2D eigenvalue weighted by molar-refractivity contribution is 5.85. The number of rotatable bonds is 7. The Labute approximate surface area is 99.1 Å². The molecule has 0 aromatic rings. The topological polar surface area (TPSA) is 70.6 Å². The summed E-state index contributed by atoms with van der Waals surface area (Å²) < 4.78 is 35.3. The highest BCUT2D eigenvalue weighted by atomic mass is 19.4. The SMILES string of the molecule is CC(C)(CCCCNCC(F)(F)F)C(N)=NO. The summed E-state index contributed by atoms with van der Waals surface area (Å²) in [5, 5.41) is 13.8. The van der Waals surface area contributed by atoms with E-state index in [0.717, 1.165) is 0 Å². The lowest BCUT2D eigenvalue weighted by Gasteiger charge is -2.22. The summed E-state index contributed by atoms with van der Waals surface area (Å²) >= 11 is 0. The molecule has 0 spiro atoms. The molecular weight excluding hydrogens is 235 g/mol. The maximum absolute atomic E-state index is 11.8. The summed E-state index contributed by atoms with van der Waals surface area (Å²) in [5.74, 6) is 0.140. The molecule has 0 aliphatic heterocycles. The fourth-order valence-electron chi connectivity index (χ4n) is 1.31. The first-order valence-electron chi connectivity index (χ1n) is 5.44. The van der Waals surface area contributed by atoms with Crippen LogP contribution in [0, 0.1) is 5.41 Å². The zero-order chi connectivity index (χ0) is 13.5. The average molecular weight is 255 g/mol. The number of alkyl halides is 3. The minimum Gasteiger partial charge on any atom is -0.409 e. The molecule has 0 unspecified atom stereocenters. The molecule has 0 amide bonds. The van der Waals surface area contributed by atoms with Crippen LogP contribution >= 0.6 is 0 Å². The average Bonchev–Trinajstić information content (AvgIpc) is 2.20. The molecule has 0 atom stereocenters. The van der Waals surface area contributed by atoms with Gasteiger partial charge in [0.05, 0.1) is 6.54 Å². The summed E-state index contributed by atoms with van der Waals surface area (Å²) in [6, 6.07) is 0. The Kier molecular flexibility index (Phi) is 6.30. The first-order valence-corrected chi connectivity index (χ1v) is 5.44. The van der Waals surface area contributed by atoms with Crippen molar-refractivity contribution in [1.29, 1.82) is 0 Å². The summed E-state index contributed by atoms with van der Waals surface area (Å²) in [6.07, 6.45) is -2.16. The number of hydrogen-bond donors (Lipinski definition) is 3. The molecule has 0 saturated carbocycles. The molecule has 4 nitrogen and oxygen atoms in total. The summed E-state index contributed by atoms with van der Waals surface area (Å²) in [4.78, 5) is 0. The van der Waals surface area contributed by atoms with E-state index in [9.17, 15) is 13.2 Å². The molecule has 0 radical (unpaired) electrons. The fraction of sp³-hybridized carbons (Fsp3) is 0.900. The van der Waals surface area contributed by atoms with Gasteiger partial charge in [0, 0.05) is 5.41 Å². The van der Waals surface area contributed by atoms with Crippen molar-refractivity contribution < 1.29 is 18.4 Å². The van der Waals surface area contributed by atoms with Crippen molar-refractivity contribution in [2.75, 3.05) is 13.1 Å². The molecule has 7 heteroatoms. The Morgan fingerprint density at radius 1 is 1.29 bits per heavy atom. The first kappa shape index (κ1) is 16.0. The smallest absolute Gasteiger partial charge is 0.401 e. The minimum atomic E-state index is -4.16. The fourth-order valence-corrected chi connectivity index (χ4v) is 1.31. The third-order valence-electron chi connectivity index (χ3n) is 2.53. The zero-order valence-corrected chi connectivity index (χ0v) is 10.1. The maximum Gasteiger partial charge on any atom is 0.401 e. The van der Waals surface area contributed by atoms with Gasteiger partial charge in [-0.3, -0.25) is 0 Å². The van der Waals surface area contributed by atoms with E-state index in [1.165, 1.54) is 0 Å². The molecule has 17 heavy (non-hydrogen) atoms. The number of nitrogens with zero attached hydrogens (tertiary/aromatic N) is 1. The van der Waals surface area contributed by atoms with Crippen LogP contribution < -0.4 is 11.1 Å². The van der Waals surface area contributed by atoms with Gasteiger partial charge in [-0.25, -0.2) is 0 Å². The molecule has 0 saturated heterocycles. The molecule has 0 aromatic heterocycles. The Hall–Kier alpha value is -0.980. The van der Waals surface area contributed by atoms with Crippen LogP contribution in [0.15, 0.2) is 5.16 Å². The Balaban J connectivity index is 3.65. The van der Waals surface area contributed by atoms with Crippen LogP contribution in [0.25, 0.3) is 0 Å². The molecule has 0 aromatic carbocycles. The highest BCUT2D eigenvalue weighted by Crippen LogP contribution is 2.23. The maximum atomic E-state index is 11.8. The van der Waals surface area contributed by atoms with E-state index in [0.29, 0.717) is 25.8 Å². The van der Waals surface area contributed by atoms with Crippen LogP contribution in [0.3, 0.4) is 0 Å². The monoisotopic (exact) mass is 255 g/mol. The van der Waals surface area contributed by atoms with E-state index in [2.05, 4.69) is 10.5 Å². The van der Waals surface area contributed by atoms with Crippen LogP contribution in [0.5, 0.6) is 0 Å². The Bertz CT molecular complexity index is 252. The highest BCUT2D eigenvalue weighted by Gasteiger charge is 2.26. The predicted octanol–water partition coefficient (Wildman–Crippen LogP) is 2.08. The minimum absolute atomic E-state index is 0.140. The van der Waals surface area contributed by atoms with Crippen LogP contribution in [-0.2, 0) is 0 Å². The van der Waals surface area contributed by atoms with Crippen molar-refractivity contribution >= 4 is 5.84 Å². The van der Waals surface area contributed by atoms with E-state index >= 15 is 0 Å². The van der Waals surface area contributed by atoms with Crippen molar-refractivity contribution in [2.45, 2.75) is 39.3 Å². The van der Waals surface area contributed by atoms with Gasteiger partial charge in [0.2, 0.25) is 0 Å². The number of amidine groups is 1. The Morgan fingerprint density at radius 2 is 1.88 bits per heavy atom. The standard InChI is InChI=1S/C10H20F3N3O/c1-9(2,8(14)16-17)5-3-4-6-15-7-10(11,12)13/h15,17H,3-7H2,1-2H3,(H2,14,16). The largest absolute Gasteiger partial charge is 0.409 e. The lowest BCUT2D eigenvalue weighted by atomic mass is 9.86. The molecule has 0 fully saturated rings. The van der Waals surface area contributed by atoms with Crippen LogP contribution in [0.4, 0.5) is 13.2 Å². The van der Waals surface area contributed by atoms with E-state index in [4.69, 9.17) is 10.9 Å². The lowest BCUT2D eigenvalue weighted by Crippen LogP contribution is -2.32. The third-order valence-corrected chi connectivity index (χ3v) is 2.53. The second-order valence-electron chi connectivity index (χ2n) is 4.62. The molecule has 4 N–H and O–H groups in total. The van der Waals surface area contributed by atoms with E-state index in [-0.39, 0.29) is 5.84 Å². The van der Waals surface area contributed by atoms with Crippen molar-refractivity contribution in [3.05, 3.63) is 0 Å². The summed E-state index contributed by atoms with van der Waals surface area (Å²) in [7, 11) is 0. The van der Waals surface area contributed by atoms with Crippen molar-refractivity contribution in [1.82, 2.24) is 5.32 Å². The number of nitrogens with two attached hydrogens (primary N) is 1. The number of oxime groups is 1.